The number of rotatable bonds is 4. The van der Waals surface area contributed by atoms with E-state index in [4.69, 9.17) is 4.74 Å². The number of nitrogens with zero attached hydrogens (tertiary/aromatic N) is 2. The molecule has 0 spiro atoms. The molecule has 0 N–H and O–H groups in total. The molecular weight excluding hydrogens is 440 g/mol. The van der Waals surface area contributed by atoms with Crippen LogP contribution in [0.25, 0.3) is 11.1 Å². The van der Waals surface area contributed by atoms with Crippen LogP contribution in [0.3, 0.4) is 0 Å². The van der Waals surface area contributed by atoms with E-state index in [1.807, 2.05) is 39.0 Å². The fraction of sp³-hybridized carbons (Fsp3) is 0.440. The average Bonchev–Trinajstić information content (AvgIpc) is 3.32. The van der Waals surface area contributed by atoms with E-state index in [9.17, 15) is 18.0 Å². The van der Waals surface area contributed by atoms with E-state index in [1.54, 1.807) is 34.1 Å². The molecule has 0 aliphatic carbocycles. The molecule has 7 nitrogen and oxygen atoms in total. The Balaban J connectivity index is 1.79. The zero-order valence-corrected chi connectivity index (χ0v) is 20.3. The maximum atomic E-state index is 13.4. The monoisotopic (exact) mass is 470 g/mol. The highest BCUT2D eigenvalue weighted by molar-refractivity contribution is 7.90. The van der Waals surface area contributed by atoms with Crippen molar-refractivity contribution in [1.29, 1.82) is 0 Å². The molecule has 1 saturated heterocycles. The number of ether oxygens (including phenoxy) is 1. The van der Waals surface area contributed by atoms with Gasteiger partial charge in [0.2, 0.25) is 5.91 Å². The van der Waals surface area contributed by atoms with E-state index in [0.717, 1.165) is 17.5 Å². The van der Waals surface area contributed by atoms with Crippen molar-refractivity contribution in [2.24, 2.45) is 5.92 Å². The highest BCUT2D eigenvalue weighted by atomic mass is 32.2. The lowest BCUT2D eigenvalue weighted by Crippen LogP contribution is -2.54. The number of hydrogen-bond donors (Lipinski definition) is 0. The Hall–Kier alpha value is -2.71. The van der Waals surface area contributed by atoms with Gasteiger partial charge in [0.05, 0.1) is 22.3 Å². The molecule has 2 aromatic rings. The topological polar surface area (TPSA) is 84.0 Å². The number of anilines is 2. The molecule has 0 saturated carbocycles. The lowest BCUT2D eigenvalue weighted by molar-refractivity contribution is -0.128. The summed E-state index contributed by atoms with van der Waals surface area (Å²) in [4.78, 5) is 30.2. The van der Waals surface area contributed by atoms with Crippen LogP contribution < -0.4 is 9.80 Å². The predicted molar refractivity (Wildman–Crippen MR) is 128 cm³/mol. The third kappa shape index (κ3) is 4.54. The van der Waals surface area contributed by atoms with Crippen LogP contribution in [0.4, 0.5) is 11.4 Å². The van der Waals surface area contributed by atoms with Gasteiger partial charge in [0.25, 0.3) is 5.91 Å². The first-order chi connectivity index (χ1) is 15.6. The molecule has 176 valence electrons. The zero-order chi connectivity index (χ0) is 23.9. The minimum absolute atomic E-state index is 0.0122. The average molecular weight is 471 g/mol. The summed E-state index contributed by atoms with van der Waals surface area (Å²) < 4.78 is 29.3. The van der Waals surface area contributed by atoms with Crippen molar-refractivity contribution in [2.45, 2.75) is 50.7 Å². The van der Waals surface area contributed by atoms with Crippen molar-refractivity contribution in [3.05, 3.63) is 42.5 Å². The number of benzene rings is 2. The summed E-state index contributed by atoms with van der Waals surface area (Å²) in [5, 5.41) is 0. The molecule has 0 bridgehead atoms. The van der Waals surface area contributed by atoms with Gasteiger partial charge < -0.3 is 14.5 Å². The van der Waals surface area contributed by atoms with Crippen LogP contribution in [0.2, 0.25) is 0 Å². The summed E-state index contributed by atoms with van der Waals surface area (Å²) in [6, 6.07) is 12.2. The highest BCUT2D eigenvalue weighted by Crippen LogP contribution is 2.40. The molecule has 1 fully saturated rings. The van der Waals surface area contributed by atoms with Gasteiger partial charge in [-0.05, 0) is 55.2 Å². The molecule has 2 aliphatic heterocycles. The largest absolute Gasteiger partial charge is 0.368 e. The molecule has 2 aromatic carbocycles. The fourth-order valence-corrected chi connectivity index (χ4v) is 5.10. The van der Waals surface area contributed by atoms with E-state index < -0.39 is 15.9 Å². The number of hydrogen-bond acceptors (Lipinski definition) is 5. The number of sulfone groups is 1. The van der Waals surface area contributed by atoms with Crippen LogP contribution in [0.1, 0.15) is 33.6 Å². The highest BCUT2D eigenvalue weighted by Gasteiger charge is 2.38. The Kier molecular flexibility index (Phi) is 6.33. The summed E-state index contributed by atoms with van der Waals surface area (Å²) in [6.07, 6.45) is 2.27. The van der Waals surface area contributed by atoms with Crippen LogP contribution in [0, 0.1) is 5.92 Å². The second kappa shape index (κ2) is 8.91. The van der Waals surface area contributed by atoms with E-state index in [0.29, 0.717) is 30.9 Å². The van der Waals surface area contributed by atoms with Crippen molar-refractivity contribution in [1.82, 2.24) is 0 Å². The maximum absolute atomic E-state index is 13.4. The lowest BCUT2D eigenvalue weighted by Gasteiger charge is -2.42. The summed E-state index contributed by atoms with van der Waals surface area (Å²) >= 11 is 0. The van der Waals surface area contributed by atoms with Gasteiger partial charge in [0.1, 0.15) is 6.10 Å². The van der Waals surface area contributed by atoms with Crippen molar-refractivity contribution < 1.29 is 22.7 Å². The Morgan fingerprint density at radius 1 is 1.03 bits per heavy atom. The SMILES string of the molecule is CC(C)C(=O)N1c2ccc(-c3ccc(S(C)(=O)=O)cc3)cc2N(C(=O)C2CCCO2)C[C@@H]1C. The van der Waals surface area contributed by atoms with Crippen molar-refractivity contribution in [3.63, 3.8) is 0 Å². The van der Waals surface area contributed by atoms with Gasteiger partial charge in [-0.3, -0.25) is 9.59 Å². The molecule has 0 aromatic heterocycles. The molecular formula is C25H30N2O5S. The summed E-state index contributed by atoms with van der Waals surface area (Å²) in [7, 11) is -3.29. The van der Waals surface area contributed by atoms with E-state index in [2.05, 4.69) is 0 Å². The van der Waals surface area contributed by atoms with Crippen molar-refractivity contribution >= 4 is 33.0 Å². The quantitative estimate of drug-likeness (QED) is 0.681. The van der Waals surface area contributed by atoms with Gasteiger partial charge in [0, 0.05) is 25.3 Å². The van der Waals surface area contributed by atoms with E-state index >= 15 is 0 Å². The Morgan fingerprint density at radius 3 is 2.27 bits per heavy atom. The number of carbonyl (C=O) groups is 2. The Morgan fingerprint density at radius 2 is 1.70 bits per heavy atom. The van der Waals surface area contributed by atoms with Gasteiger partial charge in [-0.1, -0.05) is 32.0 Å². The first-order valence-corrected chi connectivity index (χ1v) is 13.2. The molecule has 33 heavy (non-hydrogen) atoms. The molecule has 1 unspecified atom stereocenters. The molecule has 2 heterocycles. The van der Waals surface area contributed by atoms with Gasteiger partial charge >= 0.3 is 0 Å². The Labute approximate surface area is 195 Å². The molecule has 2 amide bonds. The number of amides is 2. The Bertz CT molecular complexity index is 1170. The van der Waals surface area contributed by atoms with Gasteiger partial charge in [0.15, 0.2) is 9.84 Å². The van der Waals surface area contributed by atoms with Gasteiger partial charge in [-0.2, -0.15) is 0 Å². The van der Waals surface area contributed by atoms with Gasteiger partial charge in [-0.15, -0.1) is 0 Å². The zero-order valence-electron chi connectivity index (χ0n) is 19.4. The first-order valence-electron chi connectivity index (χ1n) is 11.3. The third-order valence-electron chi connectivity index (χ3n) is 6.23. The number of carbonyl (C=O) groups excluding carboxylic acids is 2. The van der Waals surface area contributed by atoms with Crippen LogP contribution >= 0.6 is 0 Å². The molecule has 2 aliphatic rings. The third-order valence-corrected chi connectivity index (χ3v) is 7.36. The van der Waals surface area contributed by atoms with Crippen LogP contribution in [-0.4, -0.2) is 51.8 Å². The molecule has 4 rings (SSSR count). The molecule has 2 atom stereocenters. The van der Waals surface area contributed by atoms with E-state index in [-0.39, 0.29) is 28.7 Å². The van der Waals surface area contributed by atoms with Crippen LogP contribution in [-0.2, 0) is 24.2 Å². The minimum atomic E-state index is -3.29. The second-order valence-corrected chi connectivity index (χ2v) is 11.2. The number of fused-ring (bicyclic) bond motifs is 1. The molecule has 0 radical (unpaired) electrons. The summed E-state index contributed by atoms with van der Waals surface area (Å²) in [6.45, 7) is 6.67. The van der Waals surface area contributed by atoms with E-state index in [1.165, 1.54) is 6.26 Å². The normalized spacial score (nSPS) is 20.8. The fourth-order valence-electron chi connectivity index (χ4n) is 4.47. The second-order valence-electron chi connectivity index (χ2n) is 9.16. The predicted octanol–water partition coefficient (Wildman–Crippen LogP) is 3.66. The van der Waals surface area contributed by atoms with Crippen LogP contribution in [0.15, 0.2) is 47.4 Å². The standard InChI is InChI=1S/C25H30N2O5S/c1-16(2)24(28)27-17(3)15-26(25(29)23-6-5-13-32-23)22-14-19(9-12-21(22)27)18-7-10-20(11-8-18)33(4,30)31/h7-12,14,16-17,23H,5-6,13,15H2,1-4H3/t17-,23?/m0/s1. The summed E-state index contributed by atoms with van der Waals surface area (Å²) in [5.41, 5.74) is 3.04. The lowest BCUT2D eigenvalue weighted by atomic mass is 9.99. The molecule has 8 heteroatoms. The van der Waals surface area contributed by atoms with Crippen molar-refractivity contribution in [3.8, 4) is 11.1 Å². The van der Waals surface area contributed by atoms with Crippen molar-refractivity contribution in [2.75, 3.05) is 29.2 Å². The summed E-state index contributed by atoms with van der Waals surface area (Å²) in [5.74, 6) is -0.246. The smallest absolute Gasteiger partial charge is 0.256 e. The van der Waals surface area contributed by atoms with Gasteiger partial charge in [-0.25, -0.2) is 8.42 Å². The first kappa shape index (κ1) is 23.4. The minimum Gasteiger partial charge on any atom is -0.368 e. The maximum Gasteiger partial charge on any atom is 0.256 e. The van der Waals surface area contributed by atoms with Crippen LogP contribution in [0.5, 0.6) is 0 Å².